The van der Waals surface area contributed by atoms with Gasteiger partial charge in [0.2, 0.25) is 10.0 Å². The zero-order chi connectivity index (χ0) is 19.3. The Balaban J connectivity index is 2.23. The number of likely N-dealkylation sites (N-methyl/N-ethyl adjacent to an activating group) is 1. The van der Waals surface area contributed by atoms with Crippen LogP contribution in [0.4, 0.5) is 0 Å². The van der Waals surface area contributed by atoms with E-state index in [9.17, 15) is 18.0 Å². The number of amides is 1. The number of morpholine rings is 1. The van der Waals surface area contributed by atoms with Crippen LogP contribution < -0.4 is 5.32 Å². The summed E-state index contributed by atoms with van der Waals surface area (Å²) < 4.78 is 36.9. The average molecular weight is 405 g/mol. The van der Waals surface area contributed by atoms with Crippen molar-refractivity contribution in [2.24, 2.45) is 0 Å². The molecule has 1 aliphatic heterocycles. The van der Waals surface area contributed by atoms with Crippen LogP contribution in [-0.4, -0.2) is 63.6 Å². The Morgan fingerprint density at radius 3 is 2.62 bits per heavy atom. The van der Waals surface area contributed by atoms with Gasteiger partial charge in [-0.25, -0.2) is 13.2 Å². The average Bonchev–Trinajstić information content (AvgIpc) is 2.62. The van der Waals surface area contributed by atoms with E-state index in [1.54, 1.807) is 6.92 Å². The summed E-state index contributed by atoms with van der Waals surface area (Å²) in [6.07, 6.45) is -1.03. The van der Waals surface area contributed by atoms with Crippen molar-refractivity contribution in [3.63, 3.8) is 0 Å². The van der Waals surface area contributed by atoms with Crippen LogP contribution in [0.25, 0.3) is 0 Å². The first-order valence-corrected chi connectivity index (χ1v) is 9.95. The number of ether oxygens (including phenoxy) is 2. The highest BCUT2D eigenvalue weighted by molar-refractivity contribution is 7.89. The van der Waals surface area contributed by atoms with Gasteiger partial charge in [-0.2, -0.15) is 4.31 Å². The van der Waals surface area contributed by atoms with Crippen LogP contribution >= 0.6 is 11.6 Å². The lowest BCUT2D eigenvalue weighted by Gasteiger charge is -2.26. The molecule has 2 rings (SSSR count). The molecule has 1 N–H and O–H groups in total. The predicted molar refractivity (Wildman–Crippen MR) is 94.6 cm³/mol. The second-order valence-corrected chi connectivity index (χ2v) is 7.95. The summed E-state index contributed by atoms with van der Waals surface area (Å²) in [5.74, 6) is -1.32. The van der Waals surface area contributed by atoms with Crippen LogP contribution in [-0.2, 0) is 24.3 Å². The molecule has 8 nitrogen and oxygen atoms in total. The highest BCUT2D eigenvalue weighted by atomic mass is 35.5. The lowest BCUT2D eigenvalue weighted by Crippen LogP contribution is -2.40. The third kappa shape index (κ3) is 4.73. The quantitative estimate of drug-likeness (QED) is 0.711. The third-order valence-corrected chi connectivity index (χ3v) is 5.99. The zero-order valence-corrected chi connectivity index (χ0v) is 16.1. The van der Waals surface area contributed by atoms with Gasteiger partial charge in [-0.1, -0.05) is 11.6 Å². The molecule has 1 aromatic carbocycles. The highest BCUT2D eigenvalue weighted by Gasteiger charge is 2.28. The molecular weight excluding hydrogens is 384 g/mol. The molecule has 1 atom stereocenters. The molecule has 1 aliphatic rings. The summed E-state index contributed by atoms with van der Waals surface area (Å²) in [5.41, 5.74) is -0.114. The summed E-state index contributed by atoms with van der Waals surface area (Å²) in [6, 6.07) is 3.82. The number of hydrogen-bond donors (Lipinski definition) is 1. The molecule has 1 amide bonds. The predicted octanol–water partition coefficient (Wildman–Crippen LogP) is 1.04. The largest absolute Gasteiger partial charge is 0.449 e. The molecule has 0 spiro atoms. The van der Waals surface area contributed by atoms with E-state index in [0.29, 0.717) is 19.8 Å². The summed E-state index contributed by atoms with van der Waals surface area (Å²) in [7, 11) is -3.78. The number of carbonyl (C=O) groups excluding carboxylic acids is 2. The van der Waals surface area contributed by atoms with E-state index in [1.165, 1.54) is 29.4 Å². The monoisotopic (exact) mass is 404 g/mol. The van der Waals surface area contributed by atoms with Crippen LogP contribution in [0.1, 0.15) is 24.2 Å². The molecule has 1 saturated heterocycles. The van der Waals surface area contributed by atoms with E-state index in [-0.39, 0.29) is 28.6 Å². The standard InChI is InChI=1S/C16H21ClN2O6S/c1-3-18-15(20)11(2)25-16(21)13-10-12(4-5-14(13)17)26(22,23)19-6-8-24-9-7-19/h4-5,10-11H,3,6-9H2,1-2H3,(H,18,20)/t11-/m1/s1. The van der Waals surface area contributed by atoms with Crippen molar-refractivity contribution >= 4 is 33.5 Å². The fraction of sp³-hybridized carbons (Fsp3) is 0.500. The lowest BCUT2D eigenvalue weighted by atomic mass is 10.2. The van der Waals surface area contributed by atoms with Gasteiger partial charge in [-0.05, 0) is 32.0 Å². The van der Waals surface area contributed by atoms with Crippen molar-refractivity contribution in [3.05, 3.63) is 28.8 Å². The van der Waals surface area contributed by atoms with Crippen LogP contribution in [0.5, 0.6) is 0 Å². The molecule has 26 heavy (non-hydrogen) atoms. The van der Waals surface area contributed by atoms with Gasteiger partial charge >= 0.3 is 5.97 Å². The minimum Gasteiger partial charge on any atom is -0.449 e. The van der Waals surface area contributed by atoms with Gasteiger partial charge in [0.1, 0.15) is 0 Å². The maximum absolute atomic E-state index is 12.7. The van der Waals surface area contributed by atoms with Crippen molar-refractivity contribution in [2.75, 3.05) is 32.8 Å². The maximum atomic E-state index is 12.7. The van der Waals surface area contributed by atoms with Gasteiger partial charge in [0.05, 0.1) is 28.7 Å². The number of carbonyl (C=O) groups is 2. The first kappa shape index (κ1) is 20.6. The minimum atomic E-state index is -3.78. The van der Waals surface area contributed by atoms with Gasteiger partial charge in [0, 0.05) is 19.6 Å². The first-order chi connectivity index (χ1) is 12.3. The van der Waals surface area contributed by atoms with Crippen molar-refractivity contribution in [1.82, 2.24) is 9.62 Å². The fourth-order valence-electron chi connectivity index (χ4n) is 2.35. The number of esters is 1. The Kier molecular flexibility index (Phi) is 6.99. The van der Waals surface area contributed by atoms with Crippen molar-refractivity contribution in [1.29, 1.82) is 0 Å². The van der Waals surface area contributed by atoms with Gasteiger partial charge in [0.15, 0.2) is 6.10 Å². The summed E-state index contributed by atoms with van der Waals surface area (Å²) >= 11 is 6.02. The molecule has 1 aromatic rings. The summed E-state index contributed by atoms with van der Waals surface area (Å²) in [5, 5.41) is 2.57. The number of hydrogen-bond acceptors (Lipinski definition) is 6. The molecular formula is C16H21ClN2O6S. The molecule has 0 saturated carbocycles. The number of benzene rings is 1. The van der Waals surface area contributed by atoms with Crippen molar-refractivity contribution in [2.45, 2.75) is 24.8 Å². The molecule has 1 fully saturated rings. The number of rotatable bonds is 6. The van der Waals surface area contributed by atoms with Crippen LogP contribution in [0.2, 0.25) is 5.02 Å². The third-order valence-electron chi connectivity index (χ3n) is 3.77. The second kappa shape index (κ2) is 8.81. The van der Waals surface area contributed by atoms with Gasteiger partial charge in [0.25, 0.3) is 5.91 Å². The highest BCUT2D eigenvalue weighted by Crippen LogP contribution is 2.24. The molecule has 0 unspecified atom stereocenters. The fourth-order valence-corrected chi connectivity index (χ4v) is 3.98. The molecule has 1 heterocycles. The van der Waals surface area contributed by atoms with Crippen molar-refractivity contribution in [3.8, 4) is 0 Å². The van der Waals surface area contributed by atoms with Gasteiger partial charge in [-0.3, -0.25) is 4.79 Å². The number of nitrogens with one attached hydrogen (secondary N) is 1. The Labute approximate surface area is 157 Å². The van der Waals surface area contributed by atoms with Crippen LogP contribution in [0.15, 0.2) is 23.1 Å². The normalized spacial score (nSPS) is 16.7. The van der Waals surface area contributed by atoms with Crippen LogP contribution in [0.3, 0.4) is 0 Å². The topological polar surface area (TPSA) is 102 Å². The molecule has 10 heteroatoms. The molecule has 0 aromatic heterocycles. The Hall–Kier alpha value is -1.68. The van der Waals surface area contributed by atoms with E-state index < -0.39 is 28.0 Å². The number of nitrogens with zero attached hydrogens (tertiary/aromatic N) is 1. The maximum Gasteiger partial charge on any atom is 0.340 e. The molecule has 0 bridgehead atoms. The summed E-state index contributed by atoms with van der Waals surface area (Å²) in [4.78, 5) is 23.9. The first-order valence-electron chi connectivity index (χ1n) is 8.13. The second-order valence-electron chi connectivity index (χ2n) is 5.60. The van der Waals surface area contributed by atoms with E-state index >= 15 is 0 Å². The van der Waals surface area contributed by atoms with E-state index in [0.717, 1.165) is 0 Å². The lowest BCUT2D eigenvalue weighted by molar-refractivity contribution is -0.128. The molecule has 144 valence electrons. The minimum absolute atomic E-state index is 0.0408. The van der Waals surface area contributed by atoms with E-state index in [1.807, 2.05) is 0 Å². The van der Waals surface area contributed by atoms with E-state index in [2.05, 4.69) is 5.32 Å². The molecule has 0 aliphatic carbocycles. The summed E-state index contributed by atoms with van der Waals surface area (Å²) in [6.45, 7) is 4.65. The Morgan fingerprint density at radius 2 is 2.00 bits per heavy atom. The molecule has 0 radical (unpaired) electrons. The van der Waals surface area contributed by atoms with E-state index in [4.69, 9.17) is 21.1 Å². The SMILES string of the molecule is CCNC(=O)[C@@H](C)OC(=O)c1cc(S(=O)(=O)N2CCOCC2)ccc1Cl. The smallest absolute Gasteiger partial charge is 0.340 e. The van der Waals surface area contributed by atoms with Crippen LogP contribution in [0, 0.1) is 0 Å². The number of halogens is 1. The zero-order valence-electron chi connectivity index (χ0n) is 14.5. The number of sulfonamides is 1. The van der Waals surface area contributed by atoms with Gasteiger partial charge in [-0.15, -0.1) is 0 Å². The Bertz CT molecular complexity index is 777. The Morgan fingerprint density at radius 1 is 1.35 bits per heavy atom. The van der Waals surface area contributed by atoms with Gasteiger partial charge < -0.3 is 14.8 Å². The van der Waals surface area contributed by atoms with Crippen molar-refractivity contribution < 1.29 is 27.5 Å².